The Bertz CT molecular complexity index is 1570. The van der Waals surface area contributed by atoms with Crippen molar-refractivity contribution in [3.63, 3.8) is 0 Å². The lowest BCUT2D eigenvalue weighted by molar-refractivity contribution is 0.407. The number of para-hydroxylation sites is 2. The number of hydrogen-bond acceptors (Lipinski definition) is 4. The van der Waals surface area contributed by atoms with Crippen LogP contribution in [0.4, 0.5) is 11.4 Å². The Balaban J connectivity index is 1.56. The van der Waals surface area contributed by atoms with Crippen LogP contribution in [0.15, 0.2) is 156 Å². The molecule has 38 heavy (non-hydrogen) atoms. The average molecular weight is 510 g/mol. The second-order valence-electron chi connectivity index (χ2n) is 9.64. The van der Waals surface area contributed by atoms with Gasteiger partial charge in [-0.05, 0) is 29.8 Å². The number of fused-ring (bicyclic) bond motifs is 3. The minimum atomic E-state index is -0.575. The van der Waals surface area contributed by atoms with Gasteiger partial charge in [0, 0.05) is 27.7 Å². The van der Waals surface area contributed by atoms with E-state index >= 15 is 0 Å². The topological polar surface area (TPSA) is 18.8 Å². The lowest BCUT2D eigenvalue weighted by Gasteiger charge is -2.45. The quantitative estimate of drug-likeness (QED) is 0.242. The highest BCUT2D eigenvalue weighted by Crippen LogP contribution is 2.57. The molecule has 3 nitrogen and oxygen atoms in total. The van der Waals surface area contributed by atoms with Gasteiger partial charge in [-0.15, -0.1) is 11.8 Å². The van der Waals surface area contributed by atoms with E-state index in [0.717, 1.165) is 23.5 Å². The monoisotopic (exact) mass is 509 g/mol. The van der Waals surface area contributed by atoms with E-state index in [-0.39, 0.29) is 5.25 Å². The zero-order valence-corrected chi connectivity index (χ0v) is 21.7. The summed E-state index contributed by atoms with van der Waals surface area (Å²) in [5, 5.41) is 7.95. The Labute approximate surface area is 228 Å². The molecule has 2 aliphatic heterocycles. The van der Waals surface area contributed by atoms with E-state index in [2.05, 4.69) is 156 Å². The molecule has 0 bridgehead atoms. The fourth-order valence-corrected chi connectivity index (χ4v) is 7.07. The van der Waals surface area contributed by atoms with Crippen molar-refractivity contribution >= 4 is 29.0 Å². The number of thioether (sulfide) groups is 1. The smallest absolute Gasteiger partial charge is 0.167 e. The van der Waals surface area contributed by atoms with E-state index in [1.54, 1.807) is 0 Å². The molecular formula is C34H27N3S. The van der Waals surface area contributed by atoms with Crippen LogP contribution in [0.2, 0.25) is 0 Å². The maximum Gasteiger partial charge on any atom is 0.167 e. The van der Waals surface area contributed by atoms with Gasteiger partial charge in [0.1, 0.15) is 0 Å². The van der Waals surface area contributed by atoms with Crippen molar-refractivity contribution in [1.29, 1.82) is 0 Å². The van der Waals surface area contributed by atoms with Crippen molar-refractivity contribution in [2.24, 2.45) is 5.10 Å². The molecule has 0 aromatic heterocycles. The molecule has 4 heteroatoms. The van der Waals surface area contributed by atoms with Gasteiger partial charge in [0.2, 0.25) is 0 Å². The minimum absolute atomic E-state index is 0.221. The fourth-order valence-electron chi connectivity index (χ4n) is 5.72. The molecule has 0 saturated carbocycles. The number of hydrazone groups is 1. The van der Waals surface area contributed by atoms with Gasteiger partial charge < -0.3 is 0 Å². The summed E-state index contributed by atoms with van der Waals surface area (Å²) in [7, 11) is 0. The van der Waals surface area contributed by atoms with Crippen LogP contribution in [0.1, 0.15) is 28.4 Å². The van der Waals surface area contributed by atoms with Gasteiger partial charge >= 0.3 is 0 Å². The first-order valence-electron chi connectivity index (χ1n) is 13.0. The van der Waals surface area contributed by atoms with Crippen LogP contribution in [0.25, 0.3) is 0 Å². The Morgan fingerprint density at radius 3 is 1.92 bits per heavy atom. The molecule has 0 spiro atoms. The van der Waals surface area contributed by atoms with Crippen molar-refractivity contribution in [3.8, 4) is 0 Å². The summed E-state index contributed by atoms with van der Waals surface area (Å²) in [6, 6.07) is 51.8. The lowest BCUT2D eigenvalue weighted by Crippen LogP contribution is -2.54. The third kappa shape index (κ3) is 3.72. The summed E-state index contributed by atoms with van der Waals surface area (Å²) in [6.07, 6.45) is 0.842. The summed E-state index contributed by atoms with van der Waals surface area (Å²) in [4.78, 5) is 3.76. The number of amidine groups is 1. The molecule has 2 heterocycles. The number of benzene rings is 5. The molecule has 5 aromatic rings. The van der Waals surface area contributed by atoms with Crippen molar-refractivity contribution in [3.05, 3.63) is 162 Å². The lowest BCUT2D eigenvalue weighted by atomic mass is 9.88. The Morgan fingerprint density at radius 1 is 0.632 bits per heavy atom. The van der Waals surface area contributed by atoms with E-state index in [0.29, 0.717) is 0 Å². The van der Waals surface area contributed by atoms with Gasteiger partial charge in [-0.1, -0.05) is 121 Å². The summed E-state index contributed by atoms with van der Waals surface area (Å²) in [6.45, 7) is 0. The number of hydrogen-bond donors (Lipinski definition) is 0. The second kappa shape index (κ2) is 9.55. The van der Waals surface area contributed by atoms with Crippen LogP contribution in [0.5, 0.6) is 0 Å². The average Bonchev–Trinajstić information content (AvgIpc) is 3.26. The molecule has 2 aliphatic rings. The van der Waals surface area contributed by atoms with Gasteiger partial charge in [0.25, 0.3) is 0 Å². The van der Waals surface area contributed by atoms with Gasteiger partial charge in [0.15, 0.2) is 11.5 Å². The Morgan fingerprint density at radius 2 is 1.21 bits per heavy atom. The van der Waals surface area contributed by atoms with E-state index < -0.39 is 5.66 Å². The van der Waals surface area contributed by atoms with Gasteiger partial charge in [-0.25, -0.2) is 5.01 Å². The second-order valence-corrected chi connectivity index (χ2v) is 10.9. The third-order valence-electron chi connectivity index (χ3n) is 7.41. The predicted octanol–water partition coefficient (Wildman–Crippen LogP) is 8.47. The molecule has 0 saturated heterocycles. The normalized spacial score (nSPS) is 20.3. The Kier molecular flexibility index (Phi) is 5.75. The summed E-state index contributed by atoms with van der Waals surface area (Å²) in [5.74, 6) is 0.958. The van der Waals surface area contributed by atoms with Crippen molar-refractivity contribution in [2.45, 2.75) is 22.2 Å². The van der Waals surface area contributed by atoms with Gasteiger partial charge in [0.05, 0.1) is 11.4 Å². The number of rotatable bonds is 4. The van der Waals surface area contributed by atoms with E-state index in [1.807, 2.05) is 11.8 Å². The standard InChI is InChI=1S/C34H27N3S/c1-5-15-26(16-6-1)32-25-34(28-19-9-3-10-20-28)36(30-23-13-14-24-31(30)38-32)33(27-17-7-2-8-18-27)35-37(34)29-21-11-4-12-22-29/h1-24,32H,25H2. The zero-order chi connectivity index (χ0) is 25.4. The highest BCUT2D eigenvalue weighted by molar-refractivity contribution is 7.99. The maximum atomic E-state index is 5.46. The molecule has 184 valence electrons. The van der Waals surface area contributed by atoms with E-state index in [9.17, 15) is 0 Å². The van der Waals surface area contributed by atoms with Crippen LogP contribution >= 0.6 is 11.8 Å². The van der Waals surface area contributed by atoms with Gasteiger partial charge in [-0.2, -0.15) is 5.10 Å². The number of nitrogens with zero attached hydrogens (tertiary/aromatic N) is 3. The molecule has 5 aromatic carbocycles. The molecule has 0 fully saturated rings. The zero-order valence-electron chi connectivity index (χ0n) is 20.9. The molecule has 0 N–H and O–H groups in total. The highest BCUT2D eigenvalue weighted by Gasteiger charge is 2.55. The molecule has 7 rings (SSSR count). The summed E-state index contributed by atoms with van der Waals surface area (Å²) < 4.78 is 0. The number of anilines is 2. The predicted molar refractivity (Wildman–Crippen MR) is 159 cm³/mol. The van der Waals surface area contributed by atoms with Crippen LogP contribution in [-0.4, -0.2) is 5.84 Å². The van der Waals surface area contributed by atoms with Crippen LogP contribution in [0.3, 0.4) is 0 Å². The van der Waals surface area contributed by atoms with Gasteiger partial charge in [-0.3, -0.25) is 4.90 Å². The van der Waals surface area contributed by atoms with Crippen molar-refractivity contribution in [2.75, 3.05) is 9.91 Å². The molecule has 2 atom stereocenters. The largest absolute Gasteiger partial charge is 0.294 e. The summed E-state index contributed by atoms with van der Waals surface area (Å²) in [5.41, 5.74) is 5.32. The van der Waals surface area contributed by atoms with E-state index in [4.69, 9.17) is 5.10 Å². The first-order chi connectivity index (χ1) is 18.8. The molecule has 2 unspecified atom stereocenters. The van der Waals surface area contributed by atoms with Crippen LogP contribution in [-0.2, 0) is 5.66 Å². The minimum Gasteiger partial charge on any atom is -0.294 e. The highest BCUT2D eigenvalue weighted by atomic mass is 32.2. The maximum absolute atomic E-state index is 5.46. The SMILES string of the molecule is c1ccc(C2=NN(c3ccccc3)C3(c4ccccc4)CC(c4ccccc4)Sc4ccccc4N23)cc1. The molecule has 0 amide bonds. The molecule has 0 aliphatic carbocycles. The van der Waals surface area contributed by atoms with Crippen molar-refractivity contribution < 1.29 is 0 Å². The first kappa shape index (κ1) is 22.9. The fraction of sp³-hybridized carbons (Fsp3) is 0.0882. The van der Waals surface area contributed by atoms with E-state index in [1.165, 1.54) is 21.7 Å². The van der Waals surface area contributed by atoms with Crippen molar-refractivity contribution in [1.82, 2.24) is 0 Å². The summed E-state index contributed by atoms with van der Waals surface area (Å²) >= 11 is 1.95. The molecule has 0 radical (unpaired) electrons. The molecular weight excluding hydrogens is 482 g/mol. The third-order valence-corrected chi connectivity index (χ3v) is 8.73. The van der Waals surface area contributed by atoms with Crippen LogP contribution < -0.4 is 9.91 Å². The Hall–Kier alpha value is -4.28. The first-order valence-corrected chi connectivity index (χ1v) is 13.9. The van der Waals surface area contributed by atoms with Crippen LogP contribution in [0, 0.1) is 0 Å².